The van der Waals surface area contributed by atoms with Gasteiger partial charge in [0.15, 0.2) is 11.5 Å². The van der Waals surface area contributed by atoms with Crippen LogP contribution in [0.15, 0.2) is 42.5 Å². The Hall–Kier alpha value is -3.26. The van der Waals surface area contributed by atoms with Crippen molar-refractivity contribution >= 4 is 12.0 Å². The van der Waals surface area contributed by atoms with E-state index >= 15 is 0 Å². The number of amides is 2. The quantitative estimate of drug-likeness (QED) is 0.762. The minimum atomic E-state index is -1.01. The molecule has 3 rings (SSSR count). The Labute approximate surface area is 168 Å². The van der Waals surface area contributed by atoms with Gasteiger partial charge in [-0.2, -0.15) is 0 Å². The molecule has 0 saturated carbocycles. The van der Waals surface area contributed by atoms with E-state index in [0.717, 1.165) is 10.5 Å². The molecule has 0 aliphatic carbocycles. The van der Waals surface area contributed by atoms with Gasteiger partial charge in [-0.15, -0.1) is 0 Å². The van der Waals surface area contributed by atoms with Crippen molar-refractivity contribution in [3.05, 3.63) is 53.6 Å². The first-order valence-electron chi connectivity index (χ1n) is 9.01. The largest absolute Gasteiger partial charge is 0.493 e. The van der Waals surface area contributed by atoms with Gasteiger partial charge in [0.05, 0.1) is 33.9 Å². The Kier molecular flexibility index (Phi) is 6.23. The van der Waals surface area contributed by atoms with E-state index in [1.165, 1.54) is 21.3 Å². The number of carbonyl (C=O) groups is 2. The third kappa shape index (κ3) is 3.84. The number of rotatable bonds is 7. The number of aliphatic hydroxyl groups is 1. The number of cyclic esters (lactones) is 1. The van der Waals surface area contributed by atoms with Crippen LogP contribution in [-0.2, 0) is 9.53 Å². The van der Waals surface area contributed by atoms with Gasteiger partial charge >= 0.3 is 6.09 Å². The predicted molar refractivity (Wildman–Crippen MR) is 103 cm³/mol. The van der Waals surface area contributed by atoms with Gasteiger partial charge in [0.2, 0.25) is 11.7 Å². The highest BCUT2D eigenvalue weighted by molar-refractivity contribution is 5.97. The van der Waals surface area contributed by atoms with Crippen LogP contribution in [0.25, 0.3) is 0 Å². The van der Waals surface area contributed by atoms with Gasteiger partial charge in [-0.25, -0.2) is 9.69 Å². The van der Waals surface area contributed by atoms with Crippen molar-refractivity contribution < 1.29 is 33.6 Å². The maximum Gasteiger partial charge on any atom is 0.417 e. The molecule has 8 nitrogen and oxygen atoms in total. The molecule has 1 heterocycles. The number of hydrogen-bond acceptors (Lipinski definition) is 7. The smallest absolute Gasteiger partial charge is 0.417 e. The van der Waals surface area contributed by atoms with E-state index in [0.29, 0.717) is 22.8 Å². The molecule has 0 aromatic heterocycles. The van der Waals surface area contributed by atoms with Gasteiger partial charge < -0.3 is 24.1 Å². The van der Waals surface area contributed by atoms with E-state index in [9.17, 15) is 14.7 Å². The fourth-order valence-corrected chi connectivity index (χ4v) is 3.38. The zero-order chi connectivity index (χ0) is 21.0. The second kappa shape index (κ2) is 8.83. The van der Waals surface area contributed by atoms with E-state index < -0.39 is 30.6 Å². The molecular weight excluding hydrogens is 378 g/mol. The summed E-state index contributed by atoms with van der Waals surface area (Å²) >= 11 is 0. The van der Waals surface area contributed by atoms with Crippen molar-refractivity contribution in [2.24, 2.45) is 0 Å². The number of methoxy groups -OCH3 is 3. The minimum Gasteiger partial charge on any atom is -0.493 e. The van der Waals surface area contributed by atoms with Crippen molar-refractivity contribution in [3.63, 3.8) is 0 Å². The van der Waals surface area contributed by atoms with Crippen molar-refractivity contribution in [1.82, 2.24) is 4.90 Å². The number of benzene rings is 2. The number of nitrogens with zero attached hydrogens (tertiary/aromatic N) is 1. The summed E-state index contributed by atoms with van der Waals surface area (Å²) < 4.78 is 21.1. The summed E-state index contributed by atoms with van der Waals surface area (Å²) in [7, 11) is 4.39. The molecule has 2 amide bonds. The molecule has 1 saturated heterocycles. The Morgan fingerprint density at radius 3 is 2.28 bits per heavy atom. The van der Waals surface area contributed by atoms with Crippen LogP contribution in [0.5, 0.6) is 17.2 Å². The molecule has 2 atom stereocenters. The van der Waals surface area contributed by atoms with Crippen molar-refractivity contribution in [3.8, 4) is 17.2 Å². The van der Waals surface area contributed by atoms with Gasteiger partial charge in [-0.1, -0.05) is 30.3 Å². The normalized spacial score (nSPS) is 16.9. The lowest BCUT2D eigenvalue weighted by atomic mass is 9.96. The Bertz CT molecular complexity index is 859. The fourth-order valence-electron chi connectivity index (χ4n) is 3.38. The zero-order valence-electron chi connectivity index (χ0n) is 16.5. The number of carbonyl (C=O) groups excluding carboxylic acids is 2. The molecule has 1 fully saturated rings. The maximum absolute atomic E-state index is 13.3. The second-order valence-corrected chi connectivity index (χ2v) is 6.41. The van der Waals surface area contributed by atoms with Crippen molar-refractivity contribution in [1.29, 1.82) is 0 Å². The number of hydrogen-bond donors (Lipinski definition) is 1. The van der Waals surface area contributed by atoms with E-state index in [-0.39, 0.29) is 6.61 Å². The third-order valence-corrected chi connectivity index (χ3v) is 4.86. The van der Waals surface area contributed by atoms with Crippen LogP contribution in [0.2, 0.25) is 0 Å². The van der Waals surface area contributed by atoms with Crippen LogP contribution < -0.4 is 14.2 Å². The highest BCUT2D eigenvalue weighted by Gasteiger charge is 2.42. The van der Waals surface area contributed by atoms with Gasteiger partial charge in [0.1, 0.15) is 12.6 Å². The molecule has 0 spiro atoms. The predicted octanol–water partition coefficient (Wildman–Crippen LogP) is 2.51. The van der Waals surface area contributed by atoms with Crippen molar-refractivity contribution in [2.75, 3.05) is 34.5 Å². The minimum absolute atomic E-state index is 0.0575. The van der Waals surface area contributed by atoms with Gasteiger partial charge in [-0.05, 0) is 23.3 Å². The van der Waals surface area contributed by atoms with Crippen LogP contribution in [0.4, 0.5) is 4.79 Å². The first-order chi connectivity index (χ1) is 14.0. The van der Waals surface area contributed by atoms with Crippen LogP contribution in [0, 0.1) is 0 Å². The number of imide groups is 1. The van der Waals surface area contributed by atoms with Crippen LogP contribution in [-0.4, -0.2) is 56.6 Å². The Balaban J connectivity index is 1.99. The summed E-state index contributed by atoms with van der Waals surface area (Å²) in [5, 5.41) is 9.99. The second-order valence-electron chi connectivity index (χ2n) is 6.41. The lowest BCUT2D eigenvalue weighted by Crippen LogP contribution is -2.39. The van der Waals surface area contributed by atoms with Crippen molar-refractivity contribution in [2.45, 2.75) is 12.0 Å². The molecule has 154 valence electrons. The summed E-state index contributed by atoms with van der Waals surface area (Å²) in [6, 6.07) is 11.7. The standard InChI is InChI=1S/C21H23NO7/c1-26-17-9-14(10-18(27-2)19(17)28-3)15(11-23)20(24)22-16(12-29-21(22)25)13-7-5-4-6-8-13/h4-10,15-16,23H,11-12H2,1-3H3/t15-,16+/m1/s1. The molecular formula is C21H23NO7. The molecule has 1 aliphatic rings. The summed E-state index contributed by atoms with van der Waals surface area (Å²) in [5.74, 6) is -0.530. The first kappa shape index (κ1) is 20.5. The highest BCUT2D eigenvalue weighted by Crippen LogP contribution is 2.41. The number of ether oxygens (including phenoxy) is 4. The van der Waals surface area contributed by atoms with Crippen LogP contribution >= 0.6 is 0 Å². The average Bonchev–Trinajstić information content (AvgIpc) is 3.15. The van der Waals surface area contributed by atoms with E-state index in [2.05, 4.69) is 0 Å². The number of aliphatic hydroxyl groups excluding tert-OH is 1. The first-order valence-corrected chi connectivity index (χ1v) is 9.01. The van der Waals surface area contributed by atoms with Gasteiger partial charge in [0, 0.05) is 0 Å². The zero-order valence-corrected chi connectivity index (χ0v) is 16.5. The monoisotopic (exact) mass is 401 g/mol. The lowest BCUT2D eigenvalue weighted by Gasteiger charge is -2.25. The molecule has 0 unspecified atom stereocenters. The average molecular weight is 401 g/mol. The summed E-state index contributed by atoms with van der Waals surface area (Å²) in [5.41, 5.74) is 1.20. The molecule has 1 aliphatic heterocycles. The molecule has 0 bridgehead atoms. The van der Waals surface area contributed by atoms with E-state index in [1.807, 2.05) is 30.3 Å². The topological polar surface area (TPSA) is 94.5 Å². The van der Waals surface area contributed by atoms with E-state index in [4.69, 9.17) is 18.9 Å². The Morgan fingerprint density at radius 1 is 1.14 bits per heavy atom. The van der Waals surface area contributed by atoms with E-state index in [1.54, 1.807) is 12.1 Å². The summed E-state index contributed by atoms with van der Waals surface area (Å²) in [4.78, 5) is 26.7. The molecule has 1 N–H and O–H groups in total. The molecule has 8 heteroatoms. The SMILES string of the molecule is COc1cc([C@@H](CO)C(=O)N2C(=O)OC[C@H]2c2ccccc2)cc(OC)c1OC. The summed E-state index contributed by atoms with van der Waals surface area (Å²) in [6.45, 7) is -0.454. The Morgan fingerprint density at radius 2 is 1.76 bits per heavy atom. The third-order valence-electron chi connectivity index (χ3n) is 4.86. The maximum atomic E-state index is 13.3. The molecule has 2 aromatic carbocycles. The van der Waals surface area contributed by atoms with Gasteiger partial charge in [0.25, 0.3) is 0 Å². The van der Waals surface area contributed by atoms with Crippen LogP contribution in [0.1, 0.15) is 23.1 Å². The lowest BCUT2D eigenvalue weighted by molar-refractivity contribution is -0.131. The fraction of sp³-hybridized carbons (Fsp3) is 0.333. The molecule has 2 aromatic rings. The molecule has 29 heavy (non-hydrogen) atoms. The highest BCUT2D eigenvalue weighted by atomic mass is 16.6. The molecule has 0 radical (unpaired) electrons. The van der Waals surface area contributed by atoms with Crippen LogP contribution in [0.3, 0.4) is 0 Å². The summed E-state index contributed by atoms with van der Waals surface area (Å²) in [6.07, 6.45) is -0.741. The van der Waals surface area contributed by atoms with Gasteiger partial charge in [-0.3, -0.25) is 4.79 Å².